The molecule has 3 rings (SSSR count). The van der Waals surface area contributed by atoms with Gasteiger partial charge in [-0.2, -0.15) is 0 Å². The van der Waals surface area contributed by atoms with Crippen LogP contribution in [0, 0.1) is 0 Å². The average Bonchev–Trinajstić information content (AvgIpc) is 3.03. The third kappa shape index (κ3) is 3.97. The molecule has 0 fully saturated rings. The third-order valence-corrected chi connectivity index (χ3v) is 6.86. The van der Waals surface area contributed by atoms with Crippen LogP contribution in [0.25, 0.3) is 11.3 Å². The molecule has 0 unspecified atom stereocenters. The van der Waals surface area contributed by atoms with Crippen molar-refractivity contribution in [1.29, 1.82) is 0 Å². The lowest BCUT2D eigenvalue weighted by molar-refractivity contribution is 0.415. The van der Waals surface area contributed by atoms with Crippen molar-refractivity contribution in [2.45, 2.75) is 4.90 Å². The van der Waals surface area contributed by atoms with Crippen molar-refractivity contribution in [1.82, 2.24) is 8.87 Å². The highest BCUT2D eigenvalue weighted by atomic mass is 32.2. The van der Waals surface area contributed by atoms with Crippen LogP contribution in [-0.4, -0.2) is 38.5 Å². The van der Waals surface area contributed by atoms with E-state index in [1.165, 1.54) is 29.7 Å². The molecular weight excluding hydrogens is 382 g/mol. The van der Waals surface area contributed by atoms with Crippen LogP contribution in [0.2, 0.25) is 0 Å². The van der Waals surface area contributed by atoms with Crippen molar-refractivity contribution < 1.29 is 13.2 Å². The second kappa shape index (κ2) is 7.67. The summed E-state index contributed by atoms with van der Waals surface area (Å²) in [7, 11) is 3.12. The molecule has 0 bridgehead atoms. The monoisotopic (exact) mass is 403 g/mol. The highest BCUT2D eigenvalue weighted by Crippen LogP contribution is 2.24. The fourth-order valence-electron chi connectivity index (χ4n) is 2.53. The van der Waals surface area contributed by atoms with Gasteiger partial charge in [0, 0.05) is 32.1 Å². The lowest BCUT2D eigenvalue weighted by Crippen LogP contribution is -2.22. The van der Waals surface area contributed by atoms with Crippen LogP contribution in [0.15, 0.2) is 63.8 Å². The number of benzene rings is 2. The number of hydrogen-bond donors (Lipinski definition) is 0. The minimum Gasteiger partial charge on any atom is -0.497 e. The second-order valence-electron chi connectivity index (χ2n) is 6.09. The van der Waals surface area contributed by atoms with Gasteiger partial charge in [-0.25, -0.2) is 17.7 Å². The normalized spacial score (nSPS) is 12.6. The first-order chi connectivity index (χ1) is 12.8. The van der Waals surface area contributed by atoms with Crippen molar-refractivity contribution in [2.75, 3.05) is 21.2 Å². The number of hydrogen-bond acceptors (Lipinski definition) is 5. The highest BCUT2D eigenvalue weighted by molar-refractivity contribution is 7.89. The summed E-state index contributed by atoms with van der Waals surface area (Å²) in [6.07, 6.45) is 0. The molecule has 8 heteroatoms. The standard InChI is InChI=1S/C19H21N3O3S2/c1-21(2)27(23,24)17-7-5-6-14(12-17)18-13-26-19(22(18)3)20-15-8-10-16(25-4)11-9-15/h5-13H,1-4H3/b20-19+. The van der Waals surface area contributed by atoms with E-state index < -0.39 is 10.0 Å². The molecule has 2 aromatic carbocycles. The van der Waals surface area contributed by atoms with Gasteiger partial charge in [0.2, 0.25) is 10.0 Å². The molecule has 0 amide bonds. The lowest BCUT2D eigenvalue weighted by Gasteiger charge is -2.12. The van der Waals surface area contributed by atoms with Crippen LogP contribution in [0.1, 0.15) is 0 Å². The molecule has 0 saturated heterocycles. The Hall–Kier alpha value is -2.42. The van der Waals surface area contributed by atoms with Crippen molar-refractivity contribution in [3.05, 3.63) is 58.7 Å². The van der Waals surface area contributed by atoms with Crippen LogP contribution in [0.5, 0.6) is 5.75 Å². The van der Waals surface area contributed by atoms with E-state index in [9.17, 15) is 8.42 Å². The zero-order chi connectivity index (χ0) is 19.6. The fraction of sp³-hybridized carbons (Fsp3) is 0.211. The molecule has 0 radical (unpaired) electrons. The van der Waals surface area contributed by atoms with Gasteiger partial charge < -0.3 is 9.30 Å². The summed E-state index contributed by atoms with van der Waals surface area (Å²) in [5.74, 6) is 0.782. The van der Waals surface area contributed by atoms with Gasteiger partial charge in [-0.05, 0) is 36.4 Å². The third-order valence-electron chi connectivity index (χ3n) is 4.13. The molecule has 0 aliphatic heterocycles. The van der Waals surface area contributed by atoms with Crippen LogP contribution in [-0.2, 0) is 17.1 Å². The number of ether oxygens (including phenoxy) is 1. The highest BCUT2D eigenvalue weighted by Gasteiger charge is 2.18. The zero-order valence-electron chi connectivity index (χ0n) is 15.6. The minimum absolute atomic E-state index is 0.268. The Morgan fingerprint density at radius 1 is 1.11 bits per heavy atom. The number of aromatic nitrogens is 1. The van der Waals surface area contributed by atoms with Gasteiger partial charge in [0.25, 0.3) is 0 Å². The van der Waals surface area contributed by atoms with Crippen molar-refractivity contribution in [3.8, 4) is 17.0 Å². The van der Waals surface area contributed by atoms with Crippen LogP contribution >= 0.6 is 11.3 Å². The van der Waals surface area contributed by atoms with E-state index in [2.05, 4.69) is 4.99 Å². The summed E-state index contributed by atoms with van der Waals surface area (Å²) >= 11 is 1.50. The average molecular weight is 404 g/mol. The second-order valence-corrected chi connectivity index (χ2v) is 9.08. The maximum atomic E-state index is 12.4. The summed E-state index contributed by atoms with van der Waals surface area (Å²) < 4.78 is 33.1. The first-order valence-corrected chi connectivity index (χ1v) is 10.5. The Morgan fingerprint density at radius 2 is 1.81 bits per heavy atom. The van der Waals surface area contributed by atoms with Gasteiger partial charge >= 0.3 is 0 Å². The molecule has 0 aliphatic carbocycles. The van der Waals surface area contributed by atoms with E-state index in [0.717, 1.165) is 27.5 Å². The summed E-state index contributed by atoms with van der Waals surface area (Å²) in [6, 6.07) is 14.5. The summed E-state index contributed by atoms with van der Waals surface area (Å²) in [5, 5.41) is 1.98. The summed E-state index contributed by atoms with van der Waals surface area (Å²) in [4.78, 5) is 5.75. The maximum absolute atomic E-state index is 12.4. The fourth-order valence-corrected chi connectivity index (χ4v) is 4.40. The first-order valence-electron chi connectivity index (χ1n) is 8.19. The summed E-state index contributed by atoms with van der Waals surface area (Å²) in [6.45, 7) is 0. The Balaban J connectivity index is 2.02. The van der Waals surface area contributed by atoms with E-state index in [0.29, 0.717) is 0 Å². The van der Waals surface area contributed by atoms with Gasteiger partial charge in [0.1, 0.15) is 5.75 Å². The Bertz CT molecular complexity index is 1110. The molecule has 142 valence electrons. The van der Waals surface area contributed by atoms with E-state index >= 15 is 0 Å². The van der Waals surface area contributed by atoms with E-state index in [1.807, 2.05) is 47.3 Å². The number of sulfonamides is 1. The Kier molecular flexibility index (Phi) is 5.50. The van der Waals surface area contributed by atoms with Crippen LogP contribution < -0.4 is 9.54 Å². The molecule has 0 spiro atoms. The van der Waals surface area contributed by atoms with E-state index in [4.69, 9.17) is 4.74 Å². The van der Waals surface area contributed by atoms with Gasteiger partial charge in [-0.3, -0.25) is 0 Å². The molecule has 0 atom stereocenters. The van der Waals surface area contributed by atoms with E-state index in [1.54, 1.807) is 25.3 Å². The van der Waals surface area contributed by atoms with Gasteiger partial charge in [-0.15, -0.1) is 11.3 Å². The van der Waals surface area contributed by atoms with Crippen LogP contribution in [0.4, 0.5) is 5.69 Å². The minimum atomic E-state index is -3.48. The predicted octanol–water partition coefficient (Wildman–Crippen LogP) is 3.24. The van der Waals surface area contributed by atoms with Gasteiger partial charge in [-0.1, -0.05) is 12.1 Å². The van der Waals surface area contributed by atoms with Crippen molar-refractivity contribution in [3.63, 3.8) is 0 Å². The number of nitrogens with zero attached hydrogens (tertiary/aromatic N) is 3. The maximum Gasteiger partial charge on any atom is 0.242 e. The Morgan fingerprint density at radius 3 is 2.44 bits per heavy atom. The Labute approximate surface area is 163 Å². The molecule has 0 saturated carbocycles. The molecule has 27 heavy (non-hydrogen) atoms. The zero-order valence-corrected chi connectivity index (χ0v) is 17.2. The molecule has 3 aromatic rings. The first kappa shape index (κ1) is 19.3. The van der Waals surface area contributed by atoms with Gasteiger partial charge in [0.05, 0.1) is 23.4 Å². The molecule has 6 nitrogen and oxygen atoms in total. The van der Waals surface area contributed by atoms with Crippen LogP contribution in [0.3, 0.4) is 0 Å². The number of rotatable bonds is 5. The van der Waals surface area contributed by atoms with E-state index in [-0.39, 0.29) is 4.90 Å². The molecular formula is C19H21N3O3S2. The smallest absolute Gasteiger partial charge is 0.242 e. The quantitative estimate of drug-likeness (QED) is 0.657. The predicted molar refractivity (Wildman–Crippen MR) is 108 cm³/mol. The summed E-state index contributed by atoms with van der Waals surface area (Å²) in [5.41, 5.74) is 2.56. The number of methoxy groups -OCH3 is 1. The lowest BCUT2D eigenvalue weighted by atomic mass is 10.2. The van der Waals surface area contributed by atoms with Crippen molar-refractivity contribution in [2.24, 2.45) is 12.0 Å². The number of thiazole rings is 1. The van der Waals surface area contributed by atoms with Crippen molar-refractivity contribution >= 4 is 27.0 Å². The molecule has 1 heterocycles. The largest absolute Gasteiger partial charge is 0.497 e. The molecule has 0 N–H and O–H groups in total. The SMILES string of the molecule is COc1ccc(/N=c2/scc(-c3cccc(S(=O)(=O)N(C)C)c3)n2C)cc1. The topological polar surface area (TPSA) is 63.9 Å². The molecule has 0 aliphatic rings. The van der Waals surface area contributed by atoms with Gasteiger partial charge in [0.15, 0.2) is 4.80 Å². The molecule has 1 aromatic heterocycles.